The second-order valence-corrected chi connectivity index (χ2v) is 8.05. The van der Waals surface area contributed by atoms with Gasteiger partial charge in [-0.15, -0.1) is 0 Å². The molecule has 2 aromatic rings. The average Bonchev–Trinajstić information content (AvgIpc) is 3.30. The lowest BCUT2D eigenvalue weighted by Crippen LogP contribution is -2.50. The molecule has 0 aliphatic heterocycles. The Morgan fingerprint density at radius 1 is 1.12 bits per heavy atom. The number of carbonyl (C=O) groups excluding carboxylic acids is 3. The maximum absolute atomic E-state index is 13.0. The van der Waals surface area contributed by atoms with E-state index in [1.54, 1.807) is 12.1 Å². The lowest BCUT2D eigenvalue weighted by atomic mass is 9.92. The number of nitro benzene ring substituents is 1. The highest BCUT2D eigenvalue weighted by Crippen LogP contribution is 2.18. The molecule has 3 amide bonds. The number of amides is 3. The molecular weight excluding hydrogens is 432 g/mol. The number of nitrogens with zero attached hydrogens (tertiary/aromatic N) is 1. The summed E-state index contributed by atoms with van der Waals surface area (Å²) in [6.45, 7) is 3.89. The van der Waals surface area contributed by atoms with E-state index in [1.807, 2.05) is 13.8 Å². The summed E-state index contributed by atoms with van der Waals surface area (Å²) in [5.41, 5.74) is 2.04. The number of nitrogens with one attached hydrogen (secondary N) is 3. The number of nitro groups is 1. The monoisotopic (exact) mass is 460 g/mol. The van der Waals surface area contributed by atoms with Crippen molar-refractivity contribution in [2.45, 2.75) is 45.7 Å². The Hall–Kier alpha value is -3.73. The largest absolute Gasteiger partial charge is 0.467 e. The smallest absolute Gasteiger partial charge is 0.269 e. The number of hydrogen-bond donors (Lipinski definition) is 4. The lowest BCUT2D eigenvalue weighted by Gasteiger charge is -2.23. The van der Waals surface area contributed by atoms with Crippen molar-refractivity contribution in [1.82, 2.24) is 16.1 Å². The quantitative estimate of drug-likeness (QED) is 0.214. The summed E-state index contributed by atoms with van der Waals surface area (Å²) in [6.07, 6.45) is 1.69. The van der Waals surface area contributed by atoms with Crippen LogP contribution in [0.3, 0.4) is 0 Å². The van der Waals surface area contributed by atoms with Gasteiger partial charge in [-0.2, -0.15) is 0 Å². The van der Waals surface area contributed by atoms with Crippen LogP contribution in [0.5, 0.6) is 0 Å². The molecule has 0 spiro atoms. The molecule has 11 heteroatoms. The lowest BCUT2D eigenvalue weighted by molar-refractivity contribution is -0.384. The number of benzene rings is 1. The third-order valence-electron chi connectivity index (χ3n) is 4.92. The van der Waals surface area contributed by atoms with Crippen molar-refractivity contribution in [3.63, 3.8) is 0 Å². The summed E-state index contributed by atoms with van der Waals surface area (Å²) in [5.74, 6) is -1.83. The van der Waals surface area contributed by atoms with Gasteiger partial charge < -0.3 is 15.1 Å². The molecule has 178 valence electrons. The first-order chi connectivity index (χ1) is 15.7. The molecular formula is C22H28N4O7. The zero-order valence-electron chi connectivity index (χ0n) is 18.4. The Balaban J connectivity index is 2.17. The Morgan fingerprint density at radius 2 is 1.82 bits per heavy atom. The van der Waals surface area contributed by atoms with Gasteiger partial charge in [-0.1, -0.05) is 26.0 Å². The SMILES string of the molecule is CC(C)C[C@H](CC(=O)NO)C(=O)N[C@@H](Cc1ccc([N+](=O)[O-])cc1)C(=O)NCc1ccco1. The molecule has 0 radical (unpaired) electrons. The highest BCUT2D eigenvalue weighted by molar-refractivity contribution is 5.90. The minimum absolute atomic E-state index is 0.0777. The molecule has 4 N–H and O–H groups in total. The summed E-state index contributed by atoms with van der Waals surface area (Å²) < 4.78 is 5.20. The number of hydrogen-bond acceptors (Lipinski definition) is 7. The van der Waals surface area contributed by atoms with E-state index in [4.69, 9.17) is 9.62 Å². The third kappa shape index (κ3) is 8.37. The zero-order chi connectivity index (χ0) is 24.4. The maximum Gasteiger partial charge on any atom is 0.269 e. The molecule has 0 aliphatic rings. The van der Waals surface area contributed by atoms with Crippen molar-refractivity contribution in [3.05, 3.63) is 64.1 Å². The predicted molar refractivity (Wildman–Crippen MR) is 117 cm³/mol. The molecule has 2 atom stereocenters. The van der Waals surface area contributed by atoms with Gasteiger partial charge in [0.1, 0.15) is 11.8 Å². The standard InChI is InChI=1S/C22H28N4O7/c1-14(2)10-16(12-20(27)25-30)21(28)24-19(22(29)23-13-18-4-3-9-33-18)11-15-5-7-17(8-6-15)26(31)32/h3-9,14,16,19,30H,10-13H2,1-2H3,(H,23,29)(H,24,28)(H,25,27)/t16-,19+/m1/s1. The van der Waals surface area contributed by atoms with Gasteiger partial charge in [-0.25, -0.2) is 5.48 Å². The topological polar surface area (TPSA) is 164 Å². The van der Waals surface area contributed by atoms with Gasteiger partial charge in [0.15, 0.2) is 0 Å². The molecule has 1 aromatic carbocycles. The number of hydroxylamine groups is 1. The molecule has 1 aromatic heterocycles. The molecule has 2 rings (SSSR count). The second kappa shape index (κ2) is 12.3. The van der Waals surface area contributed by atoms with Gasteiger partial charge in [-0.3, -0.25) is 29.7 Å². The van der Waals surface area contributed by atoms with Crippen LogP contribution in [0.2, 0.25) is 0 Å². The van der Waals surface area contributed by atoms with Crippen LogP contribution in [-0.2, 0) is 27.3 Å². The molecule has 0 saturated carbocycles. The molecule has 0 saturated heterocycles. The van der Waals surface area contributed by atoms with Crippen molar-refractivity contribution in [1.29, 1.82) is 0 Å². The Kier molecular flexibility index (Phi) is 9.55. The first-order valence-electron chi connectivity index (χ1n) is 10.5. The van der Waals surface area contributed by atoms with Crippen LogP contribution in [0.4, 0.5) is 5.69 Å². The van der Waals surface area contributed by atoms with Gasteiger partial charge in [0.2, 0.25) is 17.7 Å². The summed E-state index contributed by atoms with van der Waals surface area (Å²) >= 11 is 0. The number of carbonyl (C=O) groups is 3. The van der Waals surface area contributed by atoms with Gasteiger partial charge in [0, 0.05) is 30.9 Å². The van der Waals surface area contributed by atoms with Crippen LogP contribution < -0.4 is 16.1 Å². The van der Waals surface area contributed by atoms with Crippen LogP contribution in [0.25, 0.3) is 0 Å². The first-order valence-corrected chi connectivity index (χ1v) is 10.5. The first kappa shape index (κ1) is 25.5. The summed E-state index contributed by atoms with van der Waals surface area (Å²) in [5, 5.41) is 25.1. The van der Waals surface area contributed by atoms with E-state index in [9.17, 15) is 24.5 Å². The van der Waals surface area contributed by atoms with Gasteiger partial charge in [0.05, 0.1) is 17.7 Å². The Labute approximate surface area is 190 Å². The highest BCUT2D eigenvalue weighted by Gasteiger charge is 2.28. The number of non-ortho nitro benzene ring substituents is 1. The van der Waals surface area contributed by atoms with E-state index >= 15 is 0 Å². The van der Waals surface area contributed by atoms with E-state index in [0.29, 0.717) is 17.7 Å². The molecule has 0 unspecified atom stereocenters. The summed E-state index contributed by atoms with van der Waals surface area (Å²) in [7, 11) is 0. The van der Waals surface area contributed by atoms with E-state index in [0.717, 1.165) is 0 Å². The predicted octanol–water partition coefficient (Wildman–Crippen LogP) is 2.09. The Morgan fingerprint density at radius 3 is 2.36 bits per heavy atom. The van der Waals surface area contributed by atoms with Crippen molar-refractivity contribution in [2.24, 2.45) is 11.8 Å². The van der Waals surface area contributed by atoms with Crippen molar-refractivity contribution < 1.29 is 28.9 Å². The van der Waals surface area contributed by atoms with Gasteiger partial charge in [0.25, 0.3) is 5.69 Å². The van der Waals surface area contributed by atoms with Crippen LogP contribution in [0.1, 0.15) is 38.0 Å². The Bertz CT molecular complexity index is 942. The second-order valence-electron chi connectivity index (χ2n) is 8.05. The molecule has 0 aliphatic carbocycles. The van der Waals surface area contributed by atoms with Crippen molar-refractivity contribution >= 4 is 23.4 Å². The normalized spacial score (nSPS) is 12.6. The van der Waals surface area contributed by atoms with Gasteiger partial charge >= 0.3 is 0 Å². The van der Waals surface area contributed by atoms with E-state index in [-0.39, 0.29) is 31.0 Å². The van der Waals surface area contributed by atoms with Crippen LogP contribution in [0.15, 0.2) is 47.1 Å². The van der Waals surface area contributed by atoms with E-state index in [2.05, 4.69) is 10.6 Å². The average molecular weight is 460 g/mol. The minimum Gasteiger partial charge on any atom is -0.467 e. The number of furan rings is 1. The number of rotatable bonds is 12. The van der Waals surface area contributed by atoms with Crippen LogP contribution in [0, 0.1) is 22.0 Å². The fourth-order valence-corrected chi connectivity index (χ4v) is 3.32. The van der Waals surface area contributed by atoms with Gasteiger partial charge in [-0.05, 0) is 30.0 Å². The van der Waals surface area contributed by atoms with E-state index < -0.39 is 34.6 Å². The van der Waals surface area contributed by atoms with Crippen LogP contribution in [-0.4, -0.2) is 33.9 Å². The molecule has 33 heavy (non-hydrogen) atoms. The van der Waals surface area contributed by atoms with Crippen molar-refractivity contribution in [3.8, 4) is 0 Å². The van der Waals surface area contributed by atoms with E-state index in [1.165, 1.54) is 36.0 Å². The van der Waals surface area contributed by atoms with Crippen molar-refractivity contribution in [2.75, 3.05) is 0 Å². The molecule has 1 heterocycles. The molecule has 0 bridgehead atoms. The fourth-order valence-electron chi connectivity index (χ4n) is 3.32. The fraction of sp³-hybridized carbons (Fsp3) is 0.409. The molecule has 11 nitrogen and oxygen atoms in total. The minimum atomic E-state index is -0.999. The zero-order valence-corrected chi connectivity index (χ0v) is 18.4. The molecule has 0 fully saturated rings. The third-order valence-corrected chi connectivity index (χ3v) is 4.92. The van der Waals surface area contributed by atoms with Crippen LogP contribution >= 0.6 is 0 Å². The summed E-state index contributed by atoms with van der Waals surface area (Å²) in [6, 6.07) is 8.05. The maximum atomic E-state index is 13.0. The summed E-state index contributed by atoms with van der Waals surface area (Å²) in [4.78, 5) is 47.8. The highest BCUT2D eigenvalue weighted by atomic mass is 16.6.